The number of nitrogens with zero attached hydrogens (tertiary/aromatic N) is 1. The molecule has 0 spiro atoms. The van der Waals surface area contributed by atoms with Gasteiger partial charge in [-0.25, -0.2) is 0 Å². The maximum Gasteiger partial charge on any atom is 0.187 e. The predicted molar refractivity (Wildman–Crippen MR) is 81.4 cm³/mol. The van der Waals surface area contributed by atoms with Gasteiger partial charge in [-0.15, -0.1) is 0 Å². The van der Waals surface area contributed by atoms with Gasteiger partial charge in [-0.1, -0.05) is 30.3 Å². The molecule has 1 aliphatic rings. The van der Waals surface area contributed by atoms with Gasteiger partial charge in [0.05, 0.1) is 11.8 Å². The van der Waals surface area contributed by atoms with Crippen LogP contribution < -0.4 is 10.7 Å². The Bertz CT molecular complexity index is 441. The fourth-order valence-electron chi connectivity index (χ4n) is 1.93. The van der Waals surface area contributed by atoms with Crippen LogP contribution in [0.4, 0.5) is 0 Å². The Morgan fingerprint density at radius 1 is 1.42 bits per heavy atom. The average Bonchev–Trinajstić information content (AvgIpc) is 2.96. The molecule has 1 aromatic rings. The monoisotopic (exact) mass is 277 g/mol. The standard InChI is InChI=1S/C14H19N3OS/c1-11(12-6-3-2-4-7-12)16-17-14(19)15-10-13-8-5-9-18-13/h2-4,6-7,13H,5,8-10H2,1H3,(H2,15,17,19)/b16-11-/t13-/m1/s1. The molecule has 1 atom stereocenters. The largest absolute Gasteiger partial charge is 0.376 e. The third-order valence-electron chi connectivity index (χ3n) is 3.03. The van der Waals surface area contributed by atoms with Crippen LogP contribution >= 0.6 is 12.2 Å². The van der Waals surface area contributed by atoms with Crippen LogP contribution in [0.15, 0.2) is 35.4 Å². The zero-order valence-electron chi connectivity index (χ0n) is 11.1. The van der Waals surface area contributed by atoms with Gasteiger partial charge in [0.25, 0.3) is 0 Å². The summed E-state index contributed by atoms with van der Waals surface area (Å²) in [6.07, 6.45) is 2.51. The van der Waals surface area contributed by atoms with E-state index in [2.05, 4.69) is 15.8 Å². The molecule has 2 rings (SSSR count). The van der Waals surface area contributed by atoms with Crippen molar-refractivity contribution in [3.63, 3.8) is 0 Å². The quantitative estimate of drug-likeness (QED) is 0.502. The molecule has 0 radical (unpaired) electrons. The Kier molecular flexibility index (Phi) is 5.30. The number of nitrogens with one attached hydrogen (secondary N) is 2. The van der Waals surface area contributed by atoms with Crippen molar-refractivity contribution in [2.45, 2.75) is 25.9 Å². The van der Waals surface area contributed by atoms with Crippen molar-refractivity contribution in [3.8, 4) is 0 Å². The molecule has 1 fully saturated rings. The summed E-state index contributed by atoms with van der Waals surface area (Å²) in [4.78, 5) is 0. The zero-order chi connectivity index (χ0) is 13.5. The summed E-state index contributed by atoms with van der Waals surface area (Å²) in [7, 11) is 0. The summed E-state index contributed by atoms with van der Waals surface area (Å²) in [5, 5.41) is 7.91. The van der Waals surface area contributed by atoms with Crippen LogP contribution in [0.3, 0.4) is 0 Å². The maximum atomic E-state index is 5.51. The van der Waals surface area contributed by atoms with E-state index in [1.54, 1.807) is 0 Å². The van der Waals surface area contributed by atoms with Gasteiger partial charge < -0.3 is 10.1 Å². The van der Waals surface area contributed by atoms with E-state index in [4.69, 9.17) is 17.0 Å². The third kappa shape index (κ3) is 4.61. The van der Waals surface area contributed by atoms with Crippen LogP contribution in [-0.4, -0.2) is 30.1 Å². The highest BCUT2D eigenvalue weighted by Crippen LogP contribution is 2.10. The van der Waals surface area contributed by atoms with Gasteiger partial charge >= 0.3 is 0 Å². The van der Waals surface area contributed by atoms with E-state index < -0.39 is 0 Å². The average molecular weight is 277 g/mol. The first-order valence-electron chi connectivity index (χ1n) is 6.51. The molecule has 19 heavy (non-hydrogen) atoms. The Balaban J connectivity index is 1.76. The second kappa shape index (κ2) is 7.21. The Morgan fingerprint density at radius 3 is 2.89 bits per heavy atom. The topological polar surface area (TPSA) is 45.7 Å². The minimum Gasteiger partial charge on any atom is -0.376 e. The molecule has 4 nitrogen and oxygen atoms in total. The van der Waals surface area contributed by atoms with Crippen LogP contribution in [0, 0.1) is 0 Å². The molecule has 0 amide bonds. The van der Waals surface area contributed by atoms with Crippen molar-refractivity contribution in [2.75, 3.05) is 13.2 Å². The van der Waals surface area contributed by atoms with Crippen LogP contribution in [-0.2, 0) is 4.74 Å². The molecule has 0 bridgehead atoms. The molecule has 1 saturated heterocycles. The van der Waals surface area contributed by atoms with E-state index in [1.807, 2.05) is 37.3 Å². The molecule has 102 valence electrons. The summed E-state index contributed by atoms with van der Waals surface area (Å²) < 4.78 is 5.51. The van der Waals surface area contributed by atoms with Crippen LogP contribution in [0.1, 0.15) is 25.3 Å². The molecule has 1 aromatic carbocycles. The molecule has 2 N–H and O–H groups in total. The second-order valence-corrected chi connectivity index (χ2v) is 4.93. The van der Waals surface area contributed by atoms with Crippen molar-refractivity contribution in [1.29, 1.82) is 0 Å². The predicted octanol–water partition coefficient (Wildman–Crippen LogP) is 2.05. The molecule has 0 aliphatic carbocycles. The SMILES string of the molecule is C/C(=N/NC(=S)NC[C@H]1CCCO1)c1ccccc1. The lowest BCUT2D eigenvalue weighted by Gasteiger charge is -2.12. The molecule has 5 heteroatoms. The molecule has 0 saturated carbocycles. The third-order valence-corrected chi connectivity index (χ3v) is 3.27. The Labute approximate surface area is 119 Å². The fourth-order valence-corrected chi connectivity index (χ4v) is 2.06. The van der Waals surface area contributed by atoms with Gasteiger partial charge in [0.15, 0.2) is 5.11 Å². The fraction of sp³-hybridized carbons (Fsp3) is 0.429. The summed E-state index contributed by atoms with van der Waals surface area (Å²) in [5.41, 5.74) is 4.84. The molecule has 0 aromatic heterocycles. The lowest BCUT2D eigenvalue weighted by molar-refractivity contribution is 0.114. The lowest BCUT2D eigenvalue weighted by Crippen LogP contribution is -2.37. The van der Waals surface area contributed by atoms with Crippen molar-refractivity contribution in [1.82, 2.24) is 10.7 Å². The van der Waals surface area contributed by atoms with Crippen molar-refractivity contribution in [2.24, 2.45) is 5.10 Å². The summed E-state index contributed by atoms with van der Waals surface area (Å²) >= 11 is 5.17. The van der Waals surface area contributed by atoms with Crippen LogP contribution in [0.5, 0.6) is 0 Å². The Morgan fingerprint density at radius 2 is 2.21 bits per heavy atom. The van der Waals surface area contributed by atoms with Gasteiger partial charge in [-0.2, -0.15) is 5.10 Å². The molecular formula is C14H19N3OS. The van der Waals surface area contributed by atoms with Gasteiger partial charge in [0.2, 0.25) is 0 Å². The second-order valence-electron chi connectivity index (χ2n) is 4.52. The zero-order valence-corrected chi connectivity index (χ0v) is 11.9. The van der Waals surface area contributed by atoms with E-state index >= 15 is 0 Å². The van der Waals surface area contributed by atoms with E-state index in [0.29, 0.717) is 5.11 Å². The van der Waals surface area contributed by atoms with E-state index in [1.165, 1.54) is 0 Å². The molecule has 0 unspecified atom stereocenters. The Hall–Kier alpha value is -1.46. The highest BCUT2D eigenvalue weighted by molar-refractivity contribution is 7.80. The maximum absolute atomic E-state index is 5.51. The number of benzene rings is 1. The smallest absolute Gasteiger partial charge is 0.187 e. The van der Waals surface area contributed by atoms with Gasteiger partial charge in [0.1, 0.15) is 0 Å². The minimum atomic E-state index is 0.277. The minimum absolute atomic E-state index is 0.277. The van der Waals surface area contributed by atoms with E-state index in [9.17, 15) is 0 Å². The molecule has 1 aliphatic heterocycles. The number of hydrazone groups is 1. The van der Waals surface area contributed by atoms with Crippen LogP contribution in [0.25, 0.3) is 0 Å². The molecular weight excluding hydrogens is 258 g/mol. The lowest BCUT2D eigenvalue weighted by atomic mass is 10.1. The van der Waals surface area contributed by atoms with Gasteiger partial charge in [0, 0.05) is 13.2 Å². The first-order chi connectivity index (χ1) is 9.25. The highest BCUT2D eigenvalue weighted by Gasteiger charge is 2.14. The van der Waals surface area contributed by atoms with E-state index in [-0.39, 0.29) is 6.10 Å². The first-order valence-corrected chi connectivity index (χ1v) is 6.91. The number of thiocarbonyl (C=S) groups is 1. The number of hydrogen-bond donors (Lipinski definition) is 2. The number of ether oxygens (including phenoxy) is 1. The van der Waals surface area contributed by atoms with E-state index in [0.717, 1.165) is 37.3 Å². The van der Waals surface area contributed by atoms with Crippen molar-refractivity contribution < 1.29 is 4.74 Å². The number of rotatable bonds is 4. The summed E-state index contributed by atoms with van der Waals surface area (Å²) in [6, 6.07) is 10.00. The molecule has 1 heterocycles. The van der Waals surface area contributed by atoms with Crippen molar-refractivity contribution in [3.05, 3.63) is 35.9 Å². The summed E-state index contributed by atoms with van der Waals surface area (Å²) in [6.45, 7) is 3.55. The van der Waals surface area contributed by atoms with Crippen molar-refractivity contribution >= 4 is 23.0 Å². The normalized spacial score (nSPS) is 19.2. The van der Waals surface area contributed by atoms with Crippen LogP contribution in [0.2, 0.25) is 0 Å². The first kappa shape index (κ1) is 14.0. The summed E-state index contributed by atoms with van der Waals surface area (Å²) in [5.74, 6) is 0. The van der Waals surface area contributed by atoms with Gasteiger partial charge in [-0.05, 0) is 37.5 Å². The number of hydrogen-bond acceptors (Lipinski definition) is 3. The highest BCUT2D eigenvalue weighted by atomic mass is 32.1. The van der Waals surface area contributed by atoms with Gasteiger partial charge in [-0.3, -0.25) is 5.43 Å².